The molecule has 0 bridgehead atoms. The van der Waals surface area contributed by atoms with Crippen LogP contribution in [0.2, 0.25) is 0 Å². The number of aryl methyl sites for hydroxylation is 2. The summed E-state index contributed by atoms with van der Waals surface area (Å²) in [5.74, 6) is 0.275. The van der Waals surface area contributed by atoms with Crippen LogP contribution in [0.15, 0.2) is 36.7 Å². The summed E-state index contributed by atoms with van der Waals surface area (Å²) in [6.45, 7) is 14.4. The van der Waals surface area contributed by atoms with Crippen molar-refractivity contribution in [3.8, 4) is 5.75 Å². The van der Waals surface area contributed by atoms with Gasteiger partial charge in [0.15, 0.2) is 18.9 Å². The van der Waals surface area contributed by atoms with E-state index in [4.69, 9.17) is 4.74 Å². The van der Waals surface area contributed by atoms with Gasteiger partial charge in [-0.3, -0.25) is 9.69 Å². The normalized spacial score (nSPS) is 11.8. The SMILES string of the molecule is CCN(CC)CC[n+]1ccc2c(C)c3[nH]c4ccc(OC(C)=O)cc4c3c(C)c2c1. The van der Waals surface area contributed by atoms with Crippen LogP contribution in [0.25, 0.3) is 32.6 Å². The smallest absolute Gasteiger partial charge is 0.308 e. The van der Waals surface area contributed by atoms with Gasteiger partial charge in [0.2, 0.25) is 0 Å². The molecule has 0 saturated carbocycles. The highest BCUT2D eigenvalue weighted by molar-refractivity contribution is 6.16. The number of ether oxygens (including phenoxy) is 1. The Morgan fingerprint density at radius 2 is 1.83 bits per heavy atom. The molecule has 0 fully saturated rings. The molecule has 0 atom stereocenters. The molecule has 156 valence electrons. The van der Waals surface area contributed by atoms with Gasteiger partial charge >= 0.3 is 5.97 Å². The molecular formula is C25H30N3O2+. The maximum atomic E-state index is 11.4. The molecule has 0 spiro atoms. The van der Waals surface area contributed by atoms with Gasteiger partial charge in [-0.25, -0.2) is 4.57 Å². The Bertz CT molecular complexity index is 1250. The number of hydrogen-bond acceptors (Lipinski definition) is 3. The second-order valence-electron chi connectivity index (χ2n) is 7.96. The first-order valence-corrected chi connectivity index (χ1v) is 10.7. The first-order chi connectivity index (χ1) is 14.4. The molecule has 2 heterocycles. The van der Waals surface area contributed by atoms with E-state index in [1.165, 1.54) is 34.2 Å². The Morgan fingerprint density at radius 3 is 2.53 bits per heavy atom. The van der Waals surface area contributed by atoms with Crippen molar-refractivity contribution in [1.29, 1.82) is 0 Å². The number of carbonyl (C=O) groups excluding carboxylic acids is 1. The number of aromatic nitrogens is 2. The molecule has 5 nitrogen and oxygen atoms in total. The second kappa shape index (κ2) is 8.07. The Kier molecular flexibility index (Phi) is 5.48. The van der Waals surface area contributed by atoms with Crippen molar-refractivity contribution in [2.75, 3.05) is 19.6 Å². The van der Waals surface area contributed by atoms with E-state index in [-0.39, 0.29) is 5.97 Å². The summed E-state index contributed by atoms with van der Waals surface area (Å²) in [5, 5.41) is 4.82. The number of fused-ring (bicyclic) bond motifs is 4. The average molecular weight is 405 g/mol. The highest BCUT2D eigenvalue weighted by Crippen LogP contribution is 2.37. The molecule has 0 radical (unpaired) electrons. The lowest BCUT2D eigenvalue weighted by Crippen LogP contribution is -2.40. The molecule has 2 aromatic heterocycles. The fourth-order valence-corrected chi connectivity index (χ4v) is 4.44. The Hall–Kier alpha value is -2.92. The number of nitrogens with one attached hydrogen (secondary N) is 1. The fraction of sp³-hybridized carbons (Fsp3) is 0.360. The molecule has 4 rings (SSSR count). The van der Waals surface area contributed by atoms with E-state index < -0.39 is 0 Å². The Balaban J connectivity index is 1.87. The van der Waals surface area contributed by atoms with Crippen molar-refractivity contribution in [2.24, 2.45) is 0 Å². The minimum atomic E-state index is -0.304. The number of pyridine rings is 1. The van der Waals surface area contributed by atoms with Crippen LogP contribution in [-0.4, -0.2) is 35.5 Å². The van der Waals surface area contributed by atoms with Crippen LogP contribution in [0.3, 0.4) is 0 Å². The van der Waals surface area contributed by atoms with Gasteiger partial charge in [-0.1, -0.05) is 13.8 Å². The zero-order valence-corrected chi connectivity index (χ0v) is 18.5. The monoisotopic (exact) mass is 404 g/mol. The molecule has 0 amide bonds. The largest absolute Gasteiger partial charge is 0.427 e. The number of nitrogens with zero attached hydrogens (tertiary/aromatic N) is 2. The average Bonchev–Trinajstić information content (AvgIpc) is 3.11. The predicted octanol–water partition coefficient (Wildman–Crippen LogP) is 4.65. The summed E-state index contributed by atoms with van der Waals surface area (Å²) in [4.78, 5) is 17.4. The summed E-state index contributed by atoms with van der Waals surface area (Å²) in [5.41, 5.74) is 4.69. The number of H-pyrrole nitrogens is 1. The van der Waals surface area contributed by atoms with Gasteiger partial charge in [0.05, 0.1) is 12.1 Å². The Morgan fingerprint density at radius 1 is 1.07 bits per heavy atom. The van der Waals surface area contributed by atoms with Crippen molar-refractivity contribution in [1.82, 2.24) is 9.88 Å². The van der Waals surface area contributed by atoms with Gasteiger partial charge < -0.3 is 9.72 Å². The molecule has 0 saturated heterocycles. The van der Waals surface area contributed by atoms with Crippen LogP contribution in [-0.2, 0) is 11.3 Å². The zero-order chi connectivity index (χ0) is 21.4. The molecule has 0 unspecified atom stereocenters. The lowest BCUT2D eigenvalue weighted by atomic mass is 9.97. The second-order valence-corrected chi connectivity index (χ2v) is 7.96. The number of rotatable bonds is 6. The minimum absolute atomic E-state index is 0.304. The van der Waals surface area contributed by atoms with E-state index in [9.17, 15) is 4.79 Å². The van der Waals surface area contributed by atoms with Gasteiger partial charge in [-0.15, -0.1) is 0 Å². The predicted molar refractivity (Wildman–Crippen MR) is 122 cm³/mol. The maximum Gasteiger partial charge on any atom is 0.308 e. The number of likely N-dealkylation sites (N-methyl/N-ethyl adjacent to an activating group) is 1. The number of aromatic amines is 1. The van der Waals surface area contributed by atoms with Crippen LogP contribution < -0.4 is 9.30 Å². The molecule has 5 heteroatoms. The molecule has 1 N–H and O–H groups in total. The number of hydrogen-bond donors (Lipinski definition) is 1. The fourth-order valence-electron chi connectivity index (χ4n) is 4.44. The van der Waals surface area contributed by atoms with Gasteiger partial charge in [0, 0.05) is 34.7 Å². The maximum absolute atomic E-state index is 11.4. The van der Waals surface area contributed by atoms with E-state index in [2.05, 4.69) is 60.6 Å². The number of esters is 1. The van der Waals surface area contributed by atoms with Crippen molar-refractivity contribution in [2.45, 2.75) is 41.2 Å². The van der Waals surface area contributed by atoms with Crippen molar-refractivity contribution >= 4 is 38.5 Å². The van der Waals surface area contributed by atoms with Crippen LogP contribution >= 0.6 is 0 Å². The van der Waals surface area contributed by atoms with Crippen LogP contribution in [0.4, 0.5) is 0 Å². The topological polar surface area (TPSA) is 49.2 Å². The van der Waals surface area contributed by atoms with E-state index >= 15 is 0 Å². The molecule has 30 heavy (non-hydrogen) atoms. The summed E-state index contributed by atoms with van der Waals surface area (Å²) >= 11 is 0. The van der Waals surface area contributed by atoms with Crippen LogP contribution in [0.1, 0.15) is 31.9 Å². The highest BCUT2D eigenvalue weighted by Gasteiger charge is 2.17. The third kappa shape index (κ3) is 3.54. The lowest BCUT2D eigenvalue weighted by Gasteiger charge is -2.15. The third-order valence-corrected chi connectivity index (χ3v) is 6.18. The molecular weight excluding hydrogens is 374 g/mol. The molecule has 2 aromatic carbocycles. The molecule has 4 aromatic rings. The Labute approximate surface area is 177 Å². The van der Waals surface area contributed by atoms with Crippen molar-refractivity contribution < 1.29 is 14.1 Å². The van der Waals surface area contributed by atoms with Gasteiger partial charge in [-0.05, 0) is 61.6 Å². The van der Waals surface area contributed by atoms with Gasteiger partial charge in [0.1, 0.15) is 5.75 Å². The number of benzene rings is 2. The highest BCUT2D eigenvalue weighted by atomic mass is 16.5. The van der Waals surface area contributed by atoms with Gasteiger partial charge in [-0.2, -0.15) is 0 Å². The lowest BCUT2D eigenvalue weighted by molar-refractivity contribution is -0.695. The molecule has 0 aliphatic carbocycles. The standard InChI is InChI=1S/C25H29N3O2/c1-6-27(7-2)12-13-28-11-10-20-17(4)25-24(16(3)22(20)15-28)21-14-19(30-18(5)29)8-9-23(21)26-25/h8-11,14-15H,6-7,12-13H2,1-5H3/p+1. The van der Waals surface area contributed by atoms with E-state index in [1.54, 1.807) is 0 Å². The van der Waals surface area contributed by atoms with Gasteiger partial charge in [0.25, 0.3) is 0 Å². The molecule has 0 aliphatic rings. The van der Waals surface area contributed by atoms with E-state index in [0.717, 1.165) is 42.6 Å². The summed E-state index contributed by atoms with van der Waals surface area (Å²) < 4.78 is 7.62. The summed E-state index contributed by atoms with van der Waals surface area (Å²) in [6.07, 6.45) is 4.46. The summed E-state index contributed by atoms with van der Waals surface area (Å²) in [7, 11) is 0. The number of carbonyl (C=O) groups is 1. The third-order valence-electron chi connectivity index (χ3n) is 6.18. The minimum Gasteiger partial charge on any atom is -0.427 e. The quantitative estimate of drug-likeness (QED) is 0.289. The molecule has 0 aliphatic heterocycles. The van der Waals surface area contributed by atoms with E-state index in [1.807, 2.05) is 18.2 Å². The first-order valence-electron chi connectivity index (χ1n) is 10.7. The first kappa shape index (κ1) is 20.4. The zero-order valence-electron chi connectivity index (χ0n) is 18.5. The van der Waals surface area contributed by atoms with Crippen molar-refractivity contribution in [3.05, 3.63) is 47.8 Å². The van der Waals surface area contributed by atoms with Crippen LogP contribution in [0.5, 0.6) is 5.75 Å². The summed E-state index contributed by atoms with van der Waals surface area (Å²) in [6, 6.07) is 8.02. The van der Waals surface area contributed by atoms with Crippen molar-refractivity contribution in [3.63, 3.8) is 0 Å². The van der Waals surface area contributed by atoms with Crippen LogP contribution in [0, 0.1) is 13.8 Å². The van der Waals surface area contributed by atoms with E-state index in [0.29, 0.717) is 5.75 Å².